The van der Waals surface area contributed by atoms with Crippen LogP contribution in [0.1, 0.15) is 12.5 Å². The number of hydrogen-bond acceptors (Lipinski definition) is 5. The molecule has 1 amide bonds. The predicted molar refractivity (Wildman–Crippen MR) is 73.5 cm³/mol. The van der Waals surface area contributed by atoms with Gasteiger partial charge in [-0.25, -0.2) is 4.99 Å². The van der Waals surface area contributed by atoms with Gasteiger partial charge in [0.05, 0.1) is 12.0 Å². The van der Waals surface area contributed by atoms with Crippen molar-refractivity contribution in [3.05, 3.63) is 39.6 Å². The highest BCUT2D eigenvalue weighted by atomic mass is 16.6. The minimum atomic E-state index is -0.530. The highest BCUT2D eigenvalue weighted by molar-refractivity contribution is 6.13. The molecule has 1 aliphatic heterocycles. The molecule has 0 aliphatic carbocycles. The lowest BCUT2D eigenvalue weighted by Crippen LogP contribution is -2.25. The lowest BCUT2D eigenvalue weighted by Gasteiger charge is -2.06. The second-order valence-electron chi connectivity index (χ2n) is 4.24. The Hall–Kier alpha value is -2.70. The molecule has 0 fully saturated rings. The van der Waals surface area contributed by atoms with Crippen LogP contribution in [0, 0.1) is 10.1 Å². The monoisotopic (exact) mass is 275 g/mol. The summed E-state index contributed by atoms with van der Waals surface area (Å²) in [5.41, 5.74) is 0.624. The van der Waals surface area contributed by atoms with Crippen LogP contribution in [0.5, 0.6) is 5.75 Å². The Morgan fingerprint density at radius 3 is 2.65 bits per heavy atom. The molecule has 0 N–H and O–H groups in total. The summed E-state index contributed by atoms with van der Waals surface area (Å²) >= 11 is 0. The van der Waals surface area contributed by atoms with Crippen LogP contribution in [0.3, 0.4) is 0 Å². The number of methoxy groups -OCH3 is 1. The second-order valence-corrected chi connectivity index (χ2v) is 4.24. The number of carbonyl (C=O) groups excluding carboxylic acids is 1. The summed E-state index contributed by atoms with van der Waals surface area (Å²) in [7, 11) is 2.99. The number of ether oxygens (including phenoxy) is 1. The zero-order valence-electron chi connectivity index (χ0n) is 11.3. The number of hydrogen-bond donors (Lipinski definition) is 0. The third-order valence-corrected chi connectivity index (χ3v) is 2.99. The van der Waals surface area contributed by atoms with Gasteiger partial charge in [0.25, 0.3) is 5.91 Å². The van der Waals surface area contributed by atoms with E-state index in [1.807, 2.05) is 0 Å². The summed E-state index contributed by atoms with van der Waals surface area (Å²) in [5, 5.41) is 10.9. The maximum atomic E-state index is 11.8. The van der Waals surface area contributed by atoms with Crippen LogP contribution < -0.4 is 4.74 Å². The van der Waals surface area contributed by atoms with Crippen molar-refractivity contribution in [2.45, 2.75) is 6.92 Å². The Morgan fingerprint density at radius 1 is 1.45 bits per heavy atom. The Morgan fingerprint density at radius 2 is 2.15 bits per heavy atom. The van der Waals surface area contributed by atoms with E-state index < -0.39 is 4.92 Å². The molecule has 7 nitrogen and oxygen atoms in total. The van der Waals surface area contributed by atoms with Crippen molar-refractivity contribution in [1.29, 1.82) is 0 Å². The van der Waals surface area contributed by atoms with E-state index >= 15 is 0 Å². The first-order valence-electron chi connectivity index (χ1n) is 5.81. The number of nitro groups is 1. The molecule has 0 bridgehead atoms. The summed E-state index contributed by atoms with van der Waals surface area (Å²) in [6.07, 6.45) is 1.52. The number of benzene rings is 1. The van der Waals surface area contributed by atoms with Crippen LogP contribution in [0.25, 0.3) is 6.08 Å². The maximum Gasteiger partial charge on any atom is 0.311 e. The van der Waals surface area contributed by atoms with E-state index in [2.05, 4.69) is 4.99 Å². The van der Waals surface area contributed by atoms with Crippen LogP contribution >= 0.6 is 0 Å². The third-order valence-electron chi connectivity index (χ3n) is 2.99. The van der Waals surface area contributed by atoms with Gasteiger partial charge in [-0.1, -0.05) is 6.07 Å². The first-order chi connectivity index (χ1) is 9.43. The smallest absolute Gasteiger partial charge is 0.311 e. The molecule has 0 spiro atoms. The standard InChI is InChI=1S/C13H13N3O4/c1-8-14-10(13(17)15(8)2)6-9-4-5-12(20-3)11(7-9)16(18)19/h4-7H,1-3H3/b10-6-. The zero-order chi connectivity index (χ0) is 14.9. The average molecular weight is 275 g/mol. The first kappa shape index (κ1) is 13.7. The Bertz CT molecular complexity index is 649. The molecule has 0 saturated carbocycles. The Balaban J connectivity index is 2.43. The Kier molecular flexibility index (Phi) is 3.51. The highest BCUT2D eigenvalue weighted by Crippen LogP contribution is 2.29. The zero-order valence-corrected chi connectivity index (χ0v) is 11.3. The van der Waals surface area contributed by atoms with E-state index in [0.717, 1.165) is 0 Å². The molecule has 0 atom stereocenters. The van der Waals surface area contributed by atoms with Gasteiger partial charge in [0.1, 0.15) is 11.5 Å². The fraction of sp³-hybridized carbons (Fsp3) is 0.231. The van der Waals surface area contributed by atoms with Crippen molar-refractivity contribution in [3.63, 3.8) is 0 Å². The van der Waals surface area contributed by atoms with Crippen LogP contribution in [0.4, 0.5) is 5.69 Å². The number of nitrogens with zero attached hydrogens (tertiary/aromatic N) is 3. The van der Waals surface area contributed by atoms with Gasteiger partial charge in [-0.3, -0.25) is 19.8 Å². The Labute approximate surface area is 115 Å². The topological polar surface area (TPSA) is 85.0 Å². The van der Waals surface area contributed by atoms with Crippen LogP contribution in [0.2, 0.25) is 0 Å². The van der Waals surface area contributed by atoms with E-state index in [1.54, 1.807) is 20.0 Å². The molecule has 1 aliphatic rings. The molecule has 7 heteroatoms. The fourth-order valence-corrected chi connectivity index (χ4v) is 1.81. The molecule has 0 saturated heterocycles. The SMILES string of the molecule is COc1ccc(/C=C2\N=C(C)N(C)C2=O)cc1[N+](=O)[O-]. The molecular formula is C13H13N3O4. The molecule has 104 valence electrons. The lowest BCUT2D eigenvalue weighted by atomic mass is 10.1. The molecule has 20 heavy (non-hydrogen) atoms. The van der Waals surface area contributed by atoms with Gasteiger partial charge in [0.15, 0.2) is 5.75 Å². The number of likely N-dealkylation sites (N-methyl/N-ethyl adjacent to an activating group) is 1. The van der Waals surface area contributed by atoms with Gasteiger partial charge >= 0.3 is 5.69 Å². The maximum absolute atomic E-state index is 11.8. The van der Waals surface area contributed by atoms with Crippen molar-refractivity contribution in [2.75, 3.05) is 14.2 Å². The van der Waals surface area contributed by atoms with Gasteiger partial charge in [0.2, 0.25) is 0 Å². The number of rotatable bonds is 3. The summed E-state index contributed by atoms with van der Waals surface area (Å²) in [4.78, 5) is 27.8. The average Bonchev–Trinajstić information content (AvgIpc) is 2.66. The first-order valence-corrected chi connectivity index (χ1v) is 5.81. The molecule has 0 unspecified atom stereocenters. The van der Waals surface area contributed by atoms with Crippen molar-refractivity contribution in [3.8, 4) is 5.75 Å². The van der Waals surface area contributed by atoms with Gasteiger partial charge < -0.3 is 4.74 Å². The molecular weight excluding hydrogens is 262 g/mol. The van der Waals surface area contributed by atoms with Crippen molar-refractivity contribution in [2.24, 2.45) is 4.99 Å². The van der Waals surface area contributed by atoms with Crippen molar-refractivity contribution in [1.82, 2.24) is 4.90 Å². The number of carbonyl (C=O) groups is 1. The predicted octanol–water partition coefficient (Wildman–Crippen LogP) is 1.83. The summed E-state index contributed by atoms with van der Waals surface area (Å²) in [6.45, 7) is 1.72. The molecule has 0 radical (unpaired) electrons. The van der Waals surface area contributed by atoms with Crippen LogP contribution in [-0.4, -0.2) is 35.7 Å². The van der Waals surface area contributed by atoms with E-state index in [-0.39, 0.29) is 23.0 Å². The lowest BCUT2D eigenvalue weighted by molar-refractivity contribution is -0.385. The van der Waals surface area contributed by atoms with Gasteiger partial charge in [-0.2, -0.15) is 0 Å². The van der Waals surface area contributed by atoms with Gasteiger partial charge in [0, 0.05) is 13.1 Å². The summed E-state index contributed by atoms with van der Waals surface area (Å²) < 4.78 is 4.92. The number of amides is 1. The van der Waals surface area contributed by atoms with Crippen LogP contribution in [-0.2, 0) is 4.79 Å². The van der Waals surface area contributed by atoms with Crippen molar-refractivity contribution < 1.29 is 14.5 Å². The molecule has 1 aromatic carbocycles. The molecule has 1 heterocycles. The summed E-state index contributed by atoms with van der Waals surface area (Å²) in [6, 6.07) is 4.47. The third kappa shape index (κ3) is 2.37. The second kappa shape index (κ2) is 5.12. The molecule has 1 aromatic rings. The fourth-order valence-electron chi connectivity index (χ4n) is 1.81. The largest absolute Gasteiger partial charge is 0.490 e. The highest BCUT2D eigenvalue weighted by Gasteiger charge is 2.24. The number of amidine groups is 1. The quantitative estimate of drug-likeness (QED) is 0.478. The van der Waals surface area contributed by atoms with E-state index in [4.69, 9.17) is 4.74 Å². The normalized spacial score (nSPS) is 16.6. The molecule has 2 rings (SSSR count). The number of aliphatic imine (C=N–C) groups is 1. The number of nitro benzene ring substituents is 1. The van der Waals surface area contributed by atoms with Crippen LogP contribution in [0.15, 0.2) is 28.9 Å². The minimum absolute atomic E-state index is 0.152. The molecule has 0 aromatic heterocycles. The minimum Gasteiger partial charge on any atom is -0.490 e. The van der Waals surface area contributed by atoms with Gasteiger partial charge in [-0.05, 0) is 24.6 Å². The van der Waals surface area contributed by atoms with E-state index in [1.165, 1.54) is 30.2 Å². The van der Waals surface area contributed by atoms with Gasteiger partial charge in [-0.15, -0.1) is 0 Å². The van der Waals surface area contributed by atoms with Crippen molar-refractivity contribution >= 4 is 23.5 Å². The van der Waals surface area contributed by atoms with E-state index in [9.17, 15) is 14.9 Å². The summed E-state index contributed by atoms with van der Waals surface area (Å²) in [5.74, 6) is 0.525. The van der Waals surface area contributed by atoms with E-state index in [0.29, 0.717) is 11.4 Å².